The number of carbonyl (C=O) groups excluding carboxylic acids is 1. The quantitative estimate of drug-likeness (QED) is 0.257. The largest absolute Gasteiger partial charge is 0.483 e. The molecule has 0 aliphatic rings. The first-order chi connectivity index (χ1) is 19.4. The van der Waals surface area contributed by atoms with E-state index in [9.17, 15) is 48.3 Å². The lowest BCUT2D eigenvalue weighted by Gasteiger charge is -2.16. The van der Waals surface area contributed by atoms with Crippen LogP contribution >= 0.6 is 0 Å². The summed E-state index contributed by atoms with van der Waals surface area (Å²) in [6.07, 6.45) is -13.8. The number of halogens is 8. The maximum atomic E-state index is 13.9. The zero-order valence-electron chi connectivity index (χ0n) is 20.4. The minimum atomic E-state index is -5.11. The molecule has 0 bridgehead atoms. The number of ether oxygens (including phenoxy) is 2. The van der Waals surface area contributed by atoms with Gasteiger partial charge >= 0.3 is 18.4 Å². The molecule has 1 amide bonds. The average Bonchev–Trinajstić information content (AvgIpc) is 3.27. The monoisotopic (exact) mass is 625 g/mol. The summed E-state index contributed by atoms with van der Waals surface area (Å²) >= 11 is 0. The molecule has 19 heteroatoms. The Labute approximate surface area is 229 Å². The van der Waals surface area contributed by atoms with Gasteiger partial charge in [-0.2, -0.15) is 31.4 Å². The minimum Gasteiger partial charge on any atom is -0.483 e. The number of hydrogen-bond acceptors (Lipinski definition) is 7. The standard InChI is InChI=1S/C23H15F8N5O5S/c24-19(25)16-8-15(11-4-5-14(23(29,30)31)17(6-11)40-10-22(26,27)28)35-20-18(9-33-36(16)20)41-21(37)34-12-2-1-3-13(7-12)42(32,38)39/h1-9,19H,10H2,(H,34,37)(H2,32,38,39). The van der Waals surface area contributed by atoms with Crippen LogP contribution in [0.1, 0.15) is 17.7 Å². The number of alkyl halides is 8. The van der Waals surface area contributed by atoms with E-state index in [-0.39, 0.29) is 16.1 Å². The lowest BCUT2D eigenvalue weighted by Crippen LogP contribution is -2.21. The van der Waals surface area contributed by atoms with E-state index in [2.05, 4.69) is 20.1 Å². The third-order valence-electron chi connectivity index (χ3n) is 5.28. The number of amides is 1. The van der Waals surface area contributed by atoms with E-state index in [4.69, 9.17) is 9.88 Å². The first-order valence-corrected chi connectivity index (χ1v) is 12.7. The van der Waals surface area contributed by atoms with Gasteiger partial charge in [-0.25, -0.2) is 36.6 Å². The fourth-order valence-electron chi connectivity index (χ4n) is 3.53. The summed E-state index contributed by atoms with van der Waals surface area (Å²) < 4.78 is 139. The number of anilines is 1. The van der Waals surface area contributed by atoms with Gasteiger partial charge in [0, 0.05) is 11.3 Å². The van der Waals surface area contributed by atoms with E-state index in [1.54, 1.807) is 0 Å². The van der Waals surface area contributed by atoms with Crippen molar-refractivity contribution in [3.8, 4) is 22.8 Å². The molecule has 0 atom stereocenters. The first kappa shape index (κ1) is 30.4. The number of benzene rings is 2. The molecular weight excluding hydrogens is 610 g/mol. The summed E-state index contributed by atoms with van der Waals surface area (Å²) in [6.45, 7) is -2.07. The van der Waals surface area contributed by atoms with Gasteiger partial charge in [0.05, 0.1) is 22.3 Å². The maximum absolute atomic E-state index is 13.9. The molecular formula is C23H15F8N5O5S. The van der Waals surface area contributed by atoms with Crippen LogP contribution in [-0.2, 0) is 16.2 Å². The smallest absolute Gasteiger partial charge is 0.422 e. The van der Waals surface area contributed by atoms with Gasteiger partial charge in [-0.1, -0.05) is 12.1 Å². The molecule has 4 rings (SSSR count). The Morgan fingerprint density at radius 2 is 1.74 bits per heavy atom. The number of nitrogens with zero attached hydrogens (tertiary/aromatic N) is 3. The number of fused-ring (bicyclic) bond motifs is 1. The van der Waals surface area contributed by atoms with E-state index >= 15 is 0 Å². The molecule has 3 N–H and O–H groups in total. The summed E-state index contributed by atoms with van der Waals surface area (Å²) in [5.74, 6) is -1.75. The van der Waals surface area contributed by atoms with Crippen molar-refractivity contribution < 1.29 is 57.8 Å². The second-order valence-electron chi connectivity index (χ2n) is 8.31. The summed E-state index contributed by atoms with van der Waals surface area (Å²) in [5.41, 5.74) is -3.81. The third-order valence-corrected chi connectivity index (χ3v) is 6.19. The van der Waals surface area contributed by atoms with Gasteiger partial charge in [-0.05, 0) is 36.4 Å². The Hall–Kier alpha value is -4.52. The van der Waals surface area contributed by atoms with Gasteiger partial charge in [-0.15, -0.1) is 0 Å². The number of hydrogen-bond donors (Lipinski definition) is 2. The Bertz CT molecular complexity index is 1760. The highest BCUT2D eigenvalue weighted by atomic mass is 32.2. The predicted octanol–water partition coefficient (Wildman–Crippen LogP) is 5.55. The fourth-order valence-corrected chi connectivity index (χ4v) is 4.09. The Balaban J connectivity index is 1.72. The normalized spacial score (nSPS) is 12.5. The van der Waals surface area contributed by atoms with Crippen molar-refractivity contribution in [1.29, 1.82) is 0 Å². The second kappa shape index (κ2) is 11.0. The lowest BCUT2D eigenvalue weighted by molar-refractivity contribution is -0.158. The van der Waals surface area contributed by atoms with Gasteiger partial charge in [-0.3, -0.25) is 5.32 Å². The Kier molecular flexibility index (Phi) is 8.00. The van der Waals surface area contributed by atoms with Crippen LogP contribution in [-0.4, -0.2) is 41.9 Å². The number of sulfonamides is 1. The Morgan fingerprint density at radius 3 is 2.36 bits per heavy atom. The molecule has 0 aliphatic carbocycles. The number of nitrogens with two attached hydrogens (primary N) is 1. The van der Waals surface area contributed by atoms with E-state index in [1.165, 1.54) is 12.1 Å². The Morgan fingerprint density at radius 1 is 1.02 bits per heavy atom. The first-order valence-electron chi connectivity index (χ1n) is 11.1. The molecule has 2 aromatic heterocycles. The van der Waals surface area contributed by atoms with Crippen molar-refractivity contribution in [2.24, 2.45) is 5.14 Å². The fraction of sp³-hybridized carbons (Fsp3) is 0.174. The number of carbonyl (C=O) groups is 1. The van der Waals surface area contributed by atoms with Crippen molar-refractivity contribution in [1.82, 2.24) is 14.6 Å². The molecule has 0 unspecified atom stereocenters. The number of primary sulfonamides is 1. The van der Waals surface area contributed by atoms with Crippen LogP contribution in [0.25, 0.3) is 16.9 Å². The van der Waals surface area contributed by atoms with Crippen LogP contribution in [0.3, 0.4) is 0 Å². The minimum absolute atomic E-state index is 0.0824. The van der Waals surface area contributed by atoms with Crippen LogP contribution in [0.4, 0.5) is 45.6 Å². The summed E-state index contributed by atoms with van der Waals surface area (Å²) in [7, 11) is -4.12. The van der Waals surface area contributed by atoms with E-state index in [0.717, 1.165) is 30.5 Å². The molecule has 0 radical (unpaired) electrons. The van der Waals surface area contributed by atoms with Crippen molar-refractivity contribution in [2.45, 2.75) is 23.7 Å². The van der Waals surface area contributed by atoms with Gasteiger partial charge in [0.1, 0.15) is 11.4 Å². The molecule has 2 aromatic carbocycles. The van der Waals surface area contributed by atoms with Crippen molar-refractivity contribution >= 4 is 27.5 Å². The molecule has 42 heavy (non-hydrogen) atoms. The zero-order chi connectivity index (χ0) is 31.0. The van der Waals surface area contributed by atoms with E-state index in [1.807, 2.05) is 0 Å². The van der Waals surface area contributed by atoms with E-state index < -0.39 is 75.6 Å². The lowest BCUT2D eigenvalue weighted by atomic mass is 10.1. The highest BCUT2D eigenvalue weighted by Crippen LogP contribution is 2.39. The molecule has 10 nitrogen and oxygen atoms in total. The molecule has 2 heterocycles. The maximum Gasteiger partial charge on any atom is 0.422 e. The number of nitrogens with one attached hydrogen (secondary N) is 1. The second-order valence-corrected chi connectivity index (χ2v) is 9.87. The van der Waals surface area contributed by atoms with Crippen molar-refractivity contribution in [3.63, 3.8) is 0 Å². The van der Waals surface area contributed by atoms with Crippen LogP contribution in [0, 0.1) is 0 Å². The van der Waals surface area contributed by atoms with E-state index in [0.29, 0.717) is 16.6 Å². The molecule has 0 fully saturated rings. The number of rotatable bonds is 7. The van der Waals surface area contributed by atoms with Crippen LogP contribution in [0.5, 0.6) is 11.5 Å². The summed E-state index contributed by atoms with van der Waals surface area (Å²) in [6, 6.07) is 7.13. The van der Waals surface area contributed by atoms with Crippen LogP contribution < -0.4 is 19.9 Å². The van der Waals surface area contributed by atoms with Gasteiger partial charge in [0.2, 0.25) is 10.0 Å². The molecule has 224 valence electrons. The highest BCUT2D eigenvalue weighted by Gasteiger charge is 2.36. The molecule has 0 saturated heterocycles. The van der Waals surface area contributed by atoms with Crippen LogP contribution in [0.2, 0.25) is 0 Å². The molecule has 0 spiro atoms. The van der Waals surface area contributed by atoms with Crippen LogP contribution in [0.15, 0.2) is 59.6 Å². The summed E-state index contributed by atoms with van der Waals surface area (Å²) in [4.78, 5) is 16.1. The highest BCUT2D eigenvalue weighted by molar-refractivity contribution is 7.89. The van der Waals surface area contributed by atoms with Crippen molar-refractivity contribution in [2.75, 3.05) is 11.9 Å². The zero-order valence-corrected chi connectivity index (χ0v) is 21.2. The van der Waals surface area contributed by atoms with Gasteiger partial charge < -0.3 is 9.47 Å². The third kappa shape index (κ3) is 7.03. The van der Waals surface area contributed by atoms with Gasteiger partial charge in [0.15, 0.2) is 18.0 Å². The molecule has 0 saturated carbocycles. The average molecular weight is 625 g/mol. The topological polar surface area (TPSA) is 138 Å². The van der Waals surface area contributed by atoms with Crippen molar-refractivity contribution in [3.05, 3.63) is 66.0 Å². The van der Waals surface area contributed by atoms with Gasteiger partial charge in [0.25, 0.3) is 6.43 Å². The molecule has 0 aliphatic heterocycles. The summed E-state index contributed by atoms with van der Waals surface area (Å²) in [5, 5.41) is 10.9. The predicted molar refractivity (Wildman–Crippen MR) is 127 cm³/mol. The molecule has 4 aromatic rings. The number of aromatic nitrogens is 3. The SMILES string of the molecule is NS(=O)(=O)c1cccc(NC(=O)Oc2cnn3c(C(F)F)cc(-c4ccc(C(F)(F)F)c(OCC(F)(F)F)c4)nc23)c1.